The highest BCUT2D eigenvalue weighted by Gasteiger charge is 2.31. The van der Waals surface area contributed by atoms with Crippen LogP contribution in [0, 0.1) is 5.92 Å². The predicted molar refractivity (Wildman–Crippen MR) is 148 cm³/mol. The van der Waals surface area contributed by atoms with Crippen molar-refractivity contribution < 1.29 is 33.8 Å². The molecule has 0 aliphatic carbocycles. The lowest BCUT2D eigenvalue weighted by atomic mass is 9.97. The molecule has 0 aliphatic heterocycles. The number of furan rings is 1. The fourth-order valence-corrected chi connectivity index (χ4v) is 4.26. The van der Waals surface area contributed by atoms with Crippen molar-refractivity contribution in [2.24, 2.45) is 5.92 Å². The molecule has 2 aromatic carbocycles. The smallest absolute Gasteiger partial charge is 0.405 e. The minimum absolute atomic E-state index is 0.00973. The molecule has 3 atom stereocenters. The molecular formula is C29H32ClN3O7. The Morgan fingerprint density at radius 3 is 1.82 bits per heavy atom. The van der Waals surface area contributed by atoms with E-state index in [9.17, 15) is 29.4 Å². The summed E-state index contributed by atoms with van der Waals surface area (Å²) >= 11 is 5.93. The van der Waals surface area contributed by atoms with Gasteiger partial charge in [-0.2, -0.15) is 0 Å². The first-order chi connectivity index (χ1) is 19.0. The molecule has 40 heavy (non-hydrogen) atoms. The Morgan fingerprint density at radius 2 is 1.32 bits per heavy atom. The van der Waals surface area contributed by atoms with Gasteiger partial charge in [0.1, 0.15) is 17.8 Å². The van der Waals surface area contributed by atoms with E-state index in [2.05, 4.69) is 16.0 Å². The van der Waals surface area contributed by atoms with E-state index in [1.165, 1.54) is 24.5 Å². The van der Waals surface area contributed by atoms with Crippen molar-refractivity contribution in [3.8, 4) is 5.75 Å². The fourth-order valence-electron chi connectivity index (χ4n) is 4.13. The first-order valence-corrected chi connectivity index (χ1v) is 13.1. The molecule has 1 heterocycles. The molecule has 3 amide bonds. The van der Waals surface area contributed by atoms with Crippen LogP contribution in [-0.4, -0.2) is 52.0 Å². The van der Waals surface area contributed by atoms with Crippen molar-refractivity contribution in [1.82, 2.24) is 16.0 Å². The lowest BCUT2D eigenvalue weighted by molar-refractivity contribution is -0.130. The van der Waals surface area contributed by atoms with Gasteiger partial charge in [-0.05, 0) is 59.9 Å². The lowest BCUT2D eigenvalue weighted by Gasteiger charge is -2.25. The van der Waals surface area contributed by atoms with Crippen LogP contribution in [0.1, 0.15) is 41.9 Å². The van der Waals surface area contributed by atoms with Gasteiger partial charge in [0.05, 0.1) is 12.3 Å². The molecule has 10 nitrogen and oxygen atoms in total. The third-order valence-corrected chi connectivity index (χ3v) is 6.33. The number of benzene rings is 2. The minimum Gasteiger partial charge on any atom is -0.508 e. The summed E-state index contributed by atoms with van der Waals surface area (Å²) in [6.07, 6.45) is 0.309. The van der Waals surface area contributed by atoms with Crippen LogP contribution < -0.4 is 16.0 Å². The molecule has 0 unspecified atom stereocenters. The van der Waals surface area contributed by atoms with Crippen molar-refractivity contribution in [2.75, 3.05) is 0 Å². The number of hydrogen-bond donors (Lipinski definition) is 5. The highest BCUT2D eigenvalue weighted by molar-refractivity contribution is 6.30. The van der Waals surface area contributed by atoms with Gasteiger partial charge >= 0.3 is 6.09 Å². The molecule has 0 bridgehead atoms. The predicted octanol–water partition coefficient (Wildman–Crippen LogP) is 3.96. The Kier molecular flexibility index (Phi) is 10.7. The fraction of sp³-hybridized carbons (Fsp3) is 0.310. The van der Waals surface area contributed by atoms with Gasteiger partial charge in [-0.25, -0.2) is 4.79 Å². The van der Waals surface area contributed by atoms with E-state index in [1.807, 2.05) is 13.8 Å². The monoisotopic (exact) mass is 569 g/mol. The van der Waals surface area contributed by atoms with E-state index in [0.29, 0.717) is 22.6 Å². The summed E-state index contributed by atoms with van der Waals surface area (Å²) in [5, 5.41) is 27.1. The molecule has 212 valence electrons. The molecule has 0 aliphatic rings. The zero-order chi connectivity index (χ0) is 29.2. The highest BCUT2D eigenvalue weighted by atomic mass is 35.5. The third-order valence-electron chi connectivity index (χ3n) is 6.08. The van der Waals surface area contributed by atoms with Gasteiger partial charge in [0, 0.05) is 17.9 Å². The Hall–Kier alpha value is -4.31. The average Bonchev–Trinajstić information content (AvgIpc) is 3.44. The van der Waals surface area contributed by atoms with Crippen LogP contribution in [0.2, 0.25) is 5.02 Å². The number of Topliss-reactive ketones (excluding diaryl/α,β-unsaturated/α-hetero) is 1. The molecule has 5 N–H and O–H groups in total. The van der Waals surface area contributed by atoms with Crippen LogP contribution in [0.4, 0.5) is 4.79 Å². The van der Waals surface area contributed by atoms with Crippen molar-refractivity contribution in [2.45, 2.75) is 51.2 Å². The molecule has 0 radical (unpaired) electrons. The maximum atomic E-state index is 13.5. The van der Waals surface area contributed by atoms with Crippen LogP contribution in [0.5, 0.6) is 5.75 Å². The number of phenols is 1. The zero-order valence-corrected chi connectivity index (χ0v) is 22.9. The first kappa shape index (κ1) is 30.2. The van der Waals surface area contributed by atoms with E-state index in [0.717, 1.165) is 0 Å². The van der Waals surface area contributed by atoms with Gasteiger partial charge in [-0.15, -0.1) is 0 Å². The van der Waals surface area contributed by atoms with Gasteiger partial charge in [-0.3, -0.25) is 14.4 Å². The second kappa shape index (κ2) is 14.2. The van der Waals surface area contributed by atoms with Crippen molar-refractivity contribution in [3.63, 3.8) is 0 Å². The maximum absolute atomic E-state index is 13.5. The first-order valence-electron chi connectivity index (χ1n) is 12.7. The Balaban J connectivity index is 1.85. The Morgan fingerprint density at radius 1 is 0.800 bits per heavy atom. The van der Waals surface area contributed by atoms with Crippen LogP contribution in [0.3, 0.4) is 0 Å². The summed E-state index contributed by atoms with van der Waals surface area (Å²) in [5.74, 6) is -1.59. The summed E-state index contributed by atoms with van der Waals surface area (Å²) in [6.45, 7) is 3.81. The molecule has 0 fully saturated rings. The normalized spacial score (nSPS) is 13.2. The number of hydrogen-bond acceptors (Lipinski definition) is 6. The largest absolute Gasteiger partial charge is 0.508 e. The molecule has 11 heteroatoms. The second-order valence-electron chi connectivity index (χ2n) is 9.80. The Labute approximate surface area is 236 Å². The number of carbonyl (C=O) groups excluding carboxylic acids is 3. The van der Waals surface area contributed by atoms with Gasteiger partial charge in [0.15, 0.2) is 5.76 Å². The standard InChI is InChI=1S/C29H32ClN3O7/c1-17(2)14-22(26(35)25-4-3-13-40-25)31-27(36)23(15-19-7-11-21(34)12-8-19)32-28(37)24(33-29(38)39)16-18-5-9-20(30)10-6-18/h3-13,17,22-24,33-34H,14-16H2,1-2H3,(H,31,36)(H,32,37)(H,38,39)/t22-,23-,24-/m0/s1. The van der Waals surface area contributed by atoms with Crippen molar-refractivity contribution >= 4 is 35.3 Å². The van der Waals surface area contributed by atoms with Gasteiger partial charge in [0.2, 0.25) is 17.6 Å². The average molecular weight is 570 g/mol. The number of amides is 3. The van der Waals surface area contributed by atoms with Crippen LogP contribution in [-0.2, 0) is 22.4 Å². The quantitative estimate of drug-likeness (QED) is 0.195. The van der Waals surface area contributed by atoms with Gasteiger partial charge in [-0.1, -0.05) is 49.7 Å². The van der Waals surface area contributed by atoms with Crippen molar-refractivity contribution in [1.29, 1.82) is 0 Å². The minimum atomic E-state index is -1.41. The van der Waals surface area contributed by atoms with E-state index in [4.69, 9.17) is 16.0 Å². The molecule has 3 rings (SSSR count). The van der Waals surface area contributed by atoms with Crippen LogP contribution >= 0.6 is 11.6 Å². The second-order valence-corrected chi connectivity index (χ2v) is 10.2. The lowest BCUT2D eigenvalue weighted by Crippen LogP contribution is -2.56. The van der Waals surface area contributed by atoms with Crippen LogP contribution in [0.15, 0.2) is 71.3 Å². The molecular weight excluding hydrogens is 538 g/mol. The maximum Gasteiger partial charge on any atom is 0.405 e. The number of carbonyl (C=O) groups is 4. The molecule has 0 saturated heterocycles. The highest BCUT2D eigenvalue weighted by Crippen LogP contribution is 2.16. The number of ketones is 1. The molecule has 0 saturated carbocycles. The van der Waals surface area contributed by atoms with E-state index in [1.54, 1.807) is 42.5 Å². The van der Waals surface area contributed by atoms with E-state index in [-0.39, 0.29) is 30.3 Å². The number of halogens is 1. The number of nitrogens with one attached hydrogen (secondary N) is 3. The third kappa shape index (κ3) is 9.16. The summed E-state index contributed by atoms with van der Waals surface area (Å²) in [6, 6.07) is 12.5. The zero-order valence-electron chi connectivity index (χ0n) is 22.1. The topological polar surface area (TPSA) is 158 Å². The Bertz CT molecular complexity index is 1290. The van der Waals surface area contributed by atoms with E-state index < -0.39 is 41.8 Å². The number of aromatic hydroxyl groups is 1. The van der Waals surface area contributed by atoms with Gasteiger partial charge in [0.25, 0.3) is 0 Å². The van der Waals surface area contributed by atoms with Crippen molar-refractivity contribution in [3.05, 3.63) is 88.8 Å². The van der Waals surface area contributed by atoms with Crippen LogP contribution in [0.25, 0.3) is 0 Å². The summed E-state index contributed by atoms with van der Waals surface area (Å²) in [4.78, 5) is 51.4. The molecule has 3 aromatic rings. The summed E-state index contributed by atoms with van der Waals surface area (Å²) in [7, 11) is 0. The SMILES string of the molecule is CC(C)C[C@H](NC(=O)[C@H](Cc1ccc(O)cc1)NC(=O)[C@H](Cc1ccc(Cl)cc1)NC(=O)O)C(=O)c1ccco1. The number of rotatable bonds is 13. The number of phenolic OH excluding ortho intramolecular Hbond substituents is 1. The molecule has 0 spiro atoms. The summed E-state index contributed by atoms with van der Waals surface area (Å²) in [5.41, 5.74) is 1.27. The summed E-state index contributed by atoms with van der Waals surface area (Å²) < 4.78 is 5.24. The number of carboxylic acid groups (broad SMARTS) is 1. The van der Waals surface area contributed by atoms with E-state index >= 15 is 0 Å². The van der Waals surface area contributed by atoms with Gasteiger partial charge < -0.3 is 30.6 Å². The molecule has 1 aromatic heterocycles.